The Kier molecular flexibility index (Phi) is 57.9. The Morgan fingerprint density at radius 1 is 0.329 bits per heavy atom. The molecule has 5 nitrogen and oxygen atoms in total. The molecular formula is C65H114O5. The van der Waals surface area contributed by atoms with E-state index in [0.29, 0.717) is 19.4 Å². The lowest BCUT2D eigenvalue weighted by Gasteiger charge is -2.18. The van der Waals surface area contributed by atoms with Crippen LogP contribution in [0.3, 0.4) is 0 Å². The lowest BCUT2D eigenvalue weighted by Crippen LogP contribution is -2.30. The minimum absolute atomic E-state index is 0.0690. The predicted molar refractivity (Wildman–Crippen MR) is 307 cm³/mol. The van der Waals surface area contributed by atoms with E-state index < -0.39 is 6.10 Å². The Morgan fingerprint density at radius 3 is 1.07 bits per heavy atom. The minimum atomic E-state index is -0.558. The lowest BCUT2D eigenvalue weighted by atomic mass is 10.0. The Bertz CT molecular complexity index is 1290. The number of ether oxygens (including phenoxy) is 3. The second-order valence-electron chi connectivity index (χ2n) is 19.9. The van der Waals surface area contributed by atoms with Gasteiger partial charge in [-0.15, -0.1) is 0 Å². The van der Waals surface area contributed by atoms with Gasteiger partial charge in [0.1, 0.15) is 6.61 Å². The molecule has 0 spiro atoms. The van der Waals surface area contributed by atoms with Crippen molar-refractivity contribution in [1.82, 2.24) is 0 Å². The fourth-order valence-electron chi connectivity index (χ4n) is 8.45. The SMILES string of the molecule is CC/C=C\C/C=C\C/C=C\C/C=C\C/C=C\CCCCCC(=O)O[C@H](COCCCCCCCCCCCCCCCCCC)COC(=O)CCCCCCCCCCC/C=C\C/C=C\CCCCC. The van der Waals surface area contributed by atoms with Gasteiger partial charge >= 0.3 is 11.9 Å². The Morgan fingerprint density at radius 2 is 0.643 bits per heavy atom. The summed E-state index contributed by atoms with van der Waals surface area (Å²) in [5, 5.41) is 0. The van der Waals surface area contributed by atoms with Gasteiger partial charge in [-0.2, -0.15) is 0 Å². The highest BCUT2D eigenvalue weighted by atomic mass is 16.6. The summed E-state index contributed by atoms with van der Waals surface area (Å²) >= 11 is 0. The van der Waals surface area contributed by atoms with Crippen LogP contribution in [0.5, 0.6) is 0 Å². The van der Waals surface area contributed by atoms with E-state index in [1.165, 1.54) is 161 Å². The first-order chi connectivity index (χ1) is 34.6. The van der Waals surface area contributed by atoms with Crippen molar-refractivity contribution < 1.29 is 23.8 Å². The molecule has 0 aliphatic rings. The van der Waals surface area contributed by atoms with Gasteiger partial charge in [-0.05, 0) is 96.3 Å². The topological polar surface area (TPSA) is 61.8 Å². The maximum Gasteiger partial charge on any atom is 0.306 e. The van der Waals surface area contributed by atoms with Crippen molar-refractivity contribution in [2.45, 2.75) is 297 Å². The van der Waals surface area contributed by atoms with E-state index in [-0.39, 0.29) is 25.2 Å². The molecule has 5 heteroatoms. The highest BCUT2D eigenvalue weighted by Crippen LogP contribution is 2.16. The van der Waals surface area contributed by atoms with Gasteiger partial charge in [-0.1, -0.05) is 266 Å². The standard InChI is InChI=1S/C65H114O5/c1-4-7-10-13-16-19-22-25-28-31-33-35-37-40-43-46-49-52-55-58-64(66)69-62-63(61-68-60-57-54-51-48-45-42-39-30-27-24-21-18-15-12-9-6-3)70-65(67)59-56-53-50-47-44-41-38-36-34-32-29-26-23-20-17-14-11-8-5-2/h8,11,16-17,19-20,25-26,28-29,34,36,41,44,63H,4-7,9-10,12-15,18,21-24,27,30-33,35,37-40,42-43,45-62H2,1-3H3/b11-8-,19-16-,20-17-,28-25-,29-26-,36-34-,44-41-/t63-/m1/s1. The zero-order valence-electron chi connectivity index (χ0n) is 46.5. The summed E-state index contributed by atoms with van der Waals surface area (Å²) in [6.07, 6.45) is 80.3. The van der Waals surface area contributed by atoms with E-state index in [4.69, 9.17) is 14.2 Å². The van der Waals surface area contributed by atoms with Crippen LogP contribution in [0.15, 0.2) is 85.1 Å². The molecule has 0 rings (SSSR count). The molecule has 0 radical (unpaired) electrons. The molecule has 70 heavy (non-hydrogen) atoms. The van der Waals surface area contributed by atoms with E-state index in [0.717, 1.165) is 96.3 Å². The summed E-state index contributed by atoms with van der Waals surface area (Å²) < 4.78 is 17.5. The summed E-state index contributed by atoms with van der Waals surface area (Å²) in [5.41, 5.74) is 0. The molecule has 0 fully saturated rings. The van der Waals surface area contributed by atoms with Crippen molar-refractivity contribution in [3.05, 3.63) is 85.1 Å². The van der Waals surface area contributed by atoms with Gasteiger partial charge in [0.15, 0.2) is 6.10 Å². The fraction of sp³-hybridized carbons (Fsp3) is 0.754. The van der Waals surface area contributed by atoms with Crippen molar-refractivity contribution in [2.24, 2.45) is 0 Å². The summed E-state index contributed by atoms with van der Waals surface area (Å²) in [7, 11) is 0. The zero-order chi connectivity index (χ0) is 50.6. The Labute approximate surface area is 435 Å². The van der Waals surface area contributed by atoms with Crippen LogP contribution < -0.4 is 0 Å². The number of carbonyl (C=O) groups excluding carboxylic acids is 2. The van der Waals surface area contributed by atoms with Crippen LogP contribution in [0.2, 0.25) is 0 Å². The molecule has 0 aliphatic carbocycles. The fourth-order valence-corrected chi connectivity index (χ4v) is 8.45. The van der Waals surface area contributed by atoms with Crippen LogP contribution in [0.4, 0.5) is 0 Å². The lowest BCUT2D eigenvalue weighted by molar-refractivity contribution is -0.163. The van der Waals surface area contributed by atoms with Gasteiger partial charge in [0.25, 0.3) is 0 Å². The third-order valence-electron chi connectivity index (χ3n) is 12.9. The average Bonchev–Trinajstić information content (AvgIpc) is 3.36. The monoisotopic (exact) mass is 975 g/mol. The molecule has 0 aliphatic heterocycles. The number of unbranched alkanes of at least 4 members (excludes halogenated alkanes) is 30. The molecule has 0 heterocycles. The second kappa shape index (κ2) is 60.4. The van der Waals surface area contributed by atoms with Crippen LogP contribution in [0.25, 0.3) is 0 Å². The molecule has 404 valence electrons. The minimum Gasteiger partial charge on any atom is -0.462 e. The maximum atomic E-state index is 12.9. The number of carbonyl (C=O) groups is 2. The van der Waals surface area contributed by atoms with Crippen LogP contribution in [-0.2, 0) is 23.8 Å². The van der Waals surface area contributed by atoms with E-state index >= 15 is 0 Å². The third-order valence-corrected chi connectivity index (χ3v) is 12.9. The summed E-state index contributed by atoms with van der Waals surface area (Å²) in [6.45, 7) is 7.69. The van der Waals surface area contributed by atoms with E-state index in [1.807, 2.05) is 0 Å². The third kappa shape index (κ3) is 57.7. The molecule has 1 atom stereocenters. The molecule has 0 amide bonds. The molecule has 0 saturated heterocycles. The largest absolute Gasteiger partial charge is 0.462 e. The highest BCUT2D eigenvalue weighted by Gasteiger charge is 2.17. The zero-order valence-corrected chi connectivity index (χ0v) is 46.5. The van der Waals surface area contributed by atoms with Gasteiger partial charge in [0.2, 0.25) is 0 Å². The van der Waals surface area contributed by atoms with E-state index in [1.54, 1.807) is 0 Å². The molecule has 0 saturated carbocycles. The van der Waals surface area contributed by atoms with E-state index in [9.17, 15) is 9.59 Å². The Balaban J connectivity index is 4.33. The molecule has 0 N–H and O–H groups in total. The smallest absolute Gasteiger partial charge is 0.306 e. The maximum absolute atomic E-state index is 12.9. The van der Waals surface area contributed by atoms with Gasteiger partial charge in [0.05, 0.1) is 6.61 Å². The van der Waals surface area contributed by atoms with Crippen molar-refractivity contribution in [3.8, 4) is 0 Å². The van der Waals surface area contributed by atoms with Crippen LogP contribution in [0.1, 0.15) is 290 Å². The predicted octanol–water partition coefficient (Wildman–Crippen LogP) is 20.8. The summed E-state index contributed by atoms with van der Waals surface area (Å²) in [6, 6.07) is 0. The average molecular weight is 976 g/mol. The van der Waals surface area contributed by atoms with E-state index in [2.05, 4.69) is 106 Å². The van der Waals surface area contributed by atoms with Gasteiger partial charge in [0, 0.05) is 19.4 Å². The normalized spacial score (nSPS) is 12.8. The summed E-state index contributed by atoms with van der Waals surface area (Å²) in [4.78, 5) is 25.6. The number of rotatable bonds is 55. The second-order valence-corrected chi connectivity index (χ2v) is 19.9. The Hall–Kier alpha value is -2.92. The molecule has 0 bridgehead atoms. The molecule has 0 aromatic carbocycles. The van der Waals surface area contributed by atoms with Crippen molar-refractivity contribution in [3.63, 3.8) is 0 Å². The van der Waals surface area contributed by atoms with Gasteiger partial charge in [-0.25, -0.2) is 0 Å². The van der Waals surface area contributed by atoms with Crippen LogP contribution in [0, 0.1) is 0 Å². The first kappa shape index (κ1) is 67.1. The number of hydrogen-bond donors (Lipinski definition) is 0. The summed E-state index contributed by atoms with van der Waals surface area (Å²) in [5.74, 6) is -0.429. The molecule has 0 aromatic rings. The first-order valence-corrected chi connectivity index (χ1v) is 30.1. The van der Waals surface area contributed by atoms with Gasteiger partial charge < -0.3 is 14.2 Å². The number of allylic oxidation sites excluding steroid dienone is 14. The highest BCUT2D eigenvalue weighted by molar-refractivity contribution is 5.70. The van der Waals surface area contributed by atoms with Crippen molar-refractivity contribution >= 4 is 11.9 Å². The first-order valence-electron chi connectivity index (χ1n) is 30.1. The molecular weight excluding hydrogens is 861 g/mol. The molecule has 0 unspecified atom stereocenters. The van der Waals surface area contributed by atoms with Gasteiger partial charge in [-0.3, -0.25) is 9.59 Å². The van der Waals surface area contributed by atoms with Crippen molar-refractivity contribution in [1.29, 1.82) is 0 Å². The van der Waals surface area contributed by atoms with Crippen LogP contribution >= 0.6 is 0 Å². The van der Waals surface area contributed by atoms with Crippen LogP contribution in [-0.4, -0.2) is 37.9 Å². The number of esters is 2. The van der Waals surface area contributed by atoms with Crippen molar-refractivity contribution in [2.75, 3.05) is 19.8 Å². The number of hydrogen-bond acceptors (Lipinski definition) is 5. The quantitative estimate of drug-likeness (QED) is 0.0345. The molecule has 0 aromatic heterocycles.